The number of hydrogen-bond acceptors (Lipinski definition) is 4. The fourth-order valence-electron chi connectivity index (χ4n) is 2.75. The molecule has 24 heavy (non-hydrogen) atoms. The number of benzene rings is 1. The summed E-state index contributed by atoms with van der Waals surface area (Å²) >= 11 is 1.48. The maximum absolute atomic E-state index is 13.5. The monoisotopic (exact) mass is 350 g/mol. The van der Waals surface area contributed by atoms with E-state index < -0.39 is 6.04 Å². The van der Waals surface area contributed by atoms with Gasteiger partial charge in [-0.05, 0) is 37.1 Å². The maximum Gasteiger partial charge on any atom is 0.315 e. The molecule has 0 spiro atoms. The first-order valence-electron chi connectivity index (χ1n) is 7.75. The molecular weight excluding hydrogens is 331 g/mol. The Bertz CT molecular complexity index is 689. The lowest BCUT2D eigenvalue weighted by Crippen LogP contribution is -2.47. The summed E-state index contributed by atoms with van der Waals surface area (Å²) in [6.45, 7) is 4.06. The van der Waals surface area contributed by atoms with Crippen molar-refractivity contribution in [2.24, 2.45) is 4.99 Å². The fraction of sp³-hybridized carbons (Fsp3) is 0.438. The summed E-state index contributed by atoms with van der Waals surface area (Å²) in [5.74, 6) is -0.480. The number of halogens is 1. The number of aliphatic imine (C=N–C) groups is 1. The smallest absolute Gasteiger partial charge is 0.315 e. The maximum atomic E-state index is 13.5. The van der Waals surface area contributed by atoms with Gasteiger partial charge < -0.3 is 16.0 Å². The highest BCUT2D eigenvalue weighted by Crippen LogP contribution is 2.27. The van der Waals surface area contributed by atoms with E-state index in [1.807, 2.05) is 19.9 Å². The zero-order valence-electron chi connectivity index (χ0n) is 13.4. The lowest BCUT2D eigenvalue weighted by atomic mass is 10.1. The minimum absolute atomic E-state index is 0.0753. The van der Waals surface area contributed by atoms with E-state index in [9.17, 15) is 14.0 Å². The number of hydrogen-bond donors (Lipinski definition) is 3. The number of carbonyl (C=O) groups is 2. The molecule has 1 aromatic rings. The second-order valence-corrected chi connectivity index (χ2v) is 7.25. The number of nitrogens with zero attached hydrogens (tertiary/aromatic N) is 1. The summed E-state index contributed by atoms with van der Waals surface area (Å²) in [6, 6.07) is 3.96. The molecule has 0 saturated carbocycles. The standard InChI is InChI=1S/C16H19FN4O2S/c1-8-3-10(5-11(17)4-8)6-13-19-9(2)15(24-13)21-14(22)12-7-18-16(23)20-12/h3-5,9,12,15H,6-7H2,1-2H3,(H,21,22)(H2,18,20,23). The van der Waals surface area contributed by atoms with E-state index in [-0.39, 0.29) is 35.7 Å². The van der Waals surface area contributed by atoms with Gasteiger partial charge in [0.25, 0.3) is 0 Å². The molecule has 3 unspecified atom stereocenters. The van der Waals surface area contributed by atoms with Crippen LogP contribution >= 0.6 is 11.8 Å². The van der Waals surface area contributed by atoms with Crippen molar-refractivity contribution < 1.29 is 14.0 Å². The minimum Gasteiger partial charge on any atom is -0.340 e. The highest BCUT2D eigenvalue weighted by molar-refractivity contribution is 8.14. The number of carbonyl (C=O) groups excluding carboxylic acids is 2. The molecule has 0 aromatic heterocycles. The Kier molecular flexibility index (Phi) is 4.75. The van der Waals surface area contributed by atoms with Crippen molar-refractivity contribution in [3.63, 3.8) is 0 Å². The van der Waals surface area contributed by atoms with Crippen LogP contribution in [0.15, 0.2) is 23.2 Å². The lowest BCUT2D eigenvalue weighted by Gasteiger charge is -2.17. The number of thioether (sulfide) groups is 1. The number of aryl methyl sites for hydroxylation is 1. The molecule has 3 amide bonds. The van der Waals surface area contributed by atoms with Gasteiger partial charge in [-0.1, -0.05) is 17.8 Å². The van der Waals surface area contributed by atoms with E-state index in [0.29, 0.717) is 6.42 Å². The van der Waals surface area contributed by atoms with Crippen LogP contribution in [0.3, 0.4) is 0 Å². The predicted molar refractivity (Wildman–Crippen MR) is 91.6 cm³/mol. The highest BCUT2D eigenvalue weighted by Gasteiger charge is 2.33. The van der Waals surface area contributed by atoms with E-state index in [1.165, 1.54) is 23.9 Å². The van der Waals surface area contributed by atoms with E-state index in [4.69, 9.17) is 0 Å². The van der Waals surface area contributed by atoms with Crippen molar-refractivity contribution in [3.05, 3.63) is 35.1 Å². The SMILES string of the molecule is Cc1cc(F)cc(CC2=NC(C)C(NC(=O)C3CNC(=O)N3)S2)c1. The number of urea groups is 1. The topological polar surface area (TPSA) is 82.6 Å². The first kappa shape index (κ1) is 16.8. The highest BCUT2D eigenvalue weighted by atomic mass is 32.2. The van der Waals surface area contributed by atoms with E-state index in [0.717, 1.165) is 16.2 Å². The summed E-state index contributed by atoms with van der Waals surface area (Å²) in [6.07, 6.45) is 0.543. The molecule has 1 saturated heterocycles. The zero-order valence-corrected chi connectivity index (χ0v) is 14.2. The Morgan fingerprint density at radius 2 is 2.25 bits per heavy atom. The number of rotatable bonds is 4. The van der Waals surface area contributed by atoms with Gasteiger partial charge in [0.05, 0.1) is 11.1 Å². The van der Waals surface area contributed by atoms with Gasteiger partial charge in [-0.2, -0.15) is 0 Å². The summed E-state index contributed by atoms with van der Waals surface area (Å²) in [7, 11) is 0. The Balaban J connectivity index is 1.58. The van der Waals surface area contributed by atoms with Crippen molar-refractivity contribution >= 4 is 28.7 Å². The molecule has 3 rings (SSSR count). The predicted octanol–water partition coefficient (Wildman–Crippen LogP) is 1.33. The summed E-state index contributed by atoms with van der Waals surface area (Å²) in [5, 5.41) is 8.71. The molecule has 8 heteroatoms. The van der Waals surface area contributed by atoms with E-state index in [2.05, 4.69) is 20.9 Å². The number of nitrogens with one attached hydrogen (secondary N) is 3. The first-order valence-corrected chi connectivity index (χ1v) is 8.63. The van der Waals surface area contributed by atoms with Crippen LogP contribution in [0.25, 0.3) is 0 Å². The average molecular weight is 350 g/mol. The van der Waals surface area contributed by atoms with Crippen LogP contribution in [0, 0.1) is 12.7 Å². The molecule has 2 heterocycles. The summed E-state index contributed by atoms with van der Waals surface area (Å²) in [4.78, 5) is 27.8. The second kappa shape index (κ2) is 6.80. The average Bonchev–Trinajstić information content (AvgIpc) is 3.04. The fourth-order valence-corrected chi connectivity index (χ4v) is 3.95. The van der Waals surface area contributed by atoms with Crippen molar-refractivity contribution in [1.29, 1.82) is 0 Å². The summed E-state index contributed by atoms with van der Waals surface area (Å²) < 4.78 is 13.5. The van der Waals surface area contributed by atoms with Crippen molar-refractivity contribution in [2.45, 2.75) is 37.7 Å². The van der Waals surface area contributed by atoms with Crippen LogP contribution in [0.1, 0.15) is 18.1 Å². The van der Waals surface area contributed by atoms with Gasteiger partial charge in [-0.3, -0.25) is 9.79 Å². The normalized spacial score (nSPS) is 25.9. The van der Waals surface area contributed by atoms with Gasteiger partial charge in [-0.15, -0.1) is 0 Å². The van der Waals surface area contributed by atoms with Crippen LogP contribution in [0.4, 0.5) is 9.18 Å². The van der Waals surface area contributed by atoms with E-state index in [1.54, 1.807) is 0 Å². The molecule has 3 atom stereocenters. The van der Waals surface area contributed by atoms with Crippen LogP contribution in [-0.4, -0.2) is 41.0 Å². The molecule has 2 aliphatic heterocycles. The van der Waals surface area contributed by atoms with Gasteiger partial charge in [0.15, 0.2) is 0 Å². The molecule has 3 N–H and O–H groups in total. The van der Waals surface area contributed by atoms with Crippen LogP contribution in [-0.2, 0) is 11.2 Å². The van der Waals surface area contributed by atoms with Crippen LogP contribution in [0.2, 0.25) is 0 Å². The Hall–Kier alpha value is -2.09. The molecule has 2 aliphatic rings. The van der Waals surface area contributed by atoms with Crippen molar-refractivity contribution in [2.75, 3.05) is 6.54 Å². The minimum atomic E-state index is -0.555. The van der Waals surface area contributed by atoms with Gasteiger partial charge >= 0.3 is 6.03 Å². The van der Waals surface area contributed by atoms with Gasteiger partial charge in [0.1, 0.15) is 17.2 Å². The Labute approximate surface area is 143 Å². The number of amides is 3. The van der Waals surface area contributed by atoms with E-state index >= 15 is 0 Å². The van der Waals surface area contributed by atoms with Crippen molar-refractivity contribution in [3.8, 4) is 0 Å². The molecule has 1 aromatic carbocycles. The Morgan fingerprint density at radius 1 is 1.46 bits per heavy atom. The largest absolute Gasteiger partial charge is 0.340 e. The third-order valence-electron chi connectivity index (χ3n) is 3.88. The van der Waals surface area contributed by atoms with Gasteiger partial charge in [0.2, 0.25) is 5.91 Å². The first-order chi connectivity index (χ1) is 11.4. The Morgan fingerprint density at radius 3 is 2.92 bits per heavy atom. The summed E-state index contributed by atoms with van der Waals surface area (Å²) in [5.41, 5.74) is 1.74. The molecule has 6 nitrogen and oxygen atoms in total. The third kappa shape index (κ3) is 3.87. The molecule has 0 aliphatic carbocycles. The molecular formula is C16H19FN4O2S. The molecule has 0 bridgehead atoms. The lowest BCUT2D eigenvalue weighted by molar-refractivity contribution is -0.122. The van der Waals surface area contributed by atoms with Gasteiger partial charge in [-0.25, -0.2) is 9.18 Å². The molecule has 1 fully saturated rings. The quantitative estimate of drug-likeness (QED) is 0.766. The van der Waals surface area contributed by atoms with Crippen LogP contribution in [0.5, 0.6) is 0 Å². The second-order valence-electron chi connectivity index (χ2n) is 6.03. The molecule has 128 valence electrons. The third-order valence-corrected chi connectivity index (χ3v) is 5.17. The van der Waals surface area contributed by atoms with Crippen LogP contribution < -0.4 is 16.0 Å². The zero-order chi connectivity index (χ0) is 17.3. The van der Waals surface area contributed by atoms with Crippen molar-refractivity contribution in [1.82, 2.24) is 16.0 Å². The molecule has 0 radical (unpaired) electrons. The van der Waals surface area contributed by atoms with Gasteiger partial charge in [0, 0.05) is 13.0 Å².